The molecule has 5 heterocycles. The molecule has 0 atom stereocenters. The standard InChI is InChI=1S/C53H29N5O/c54-30-40-48(31-14-3-1-4-15-31)55-53(56-49(40)32-16-5-2-6-17-32)39-27-29-44(52-46(39)38-20-9-12-25-45(38)59-52)57-42-24-11-8-19-37(42)47-43(57)28-26-36-35-22-13-21-34-33-18-7-10-23-41(33)58(50(34)35)51(36)47/h1-29H. The number of para-hydroxylation sites is 4. The summed E-state index contributed by atoms with van der Waals surface area (Å²) in [5.41, 5.74) is 12.4. The summed E-state index contributed by atoms with van der Waals surface area (Å²) in [6.45, 7) is 0. The third kappa shape index (κ3) is 4.28. The van der Waals surface area contributed by atoms with Crippen LogP contribution < -0.4 is 0 Å². The minimum Gasteiger partial charge on any atom is -0.454 e. The molecule has 8 aromatic carbocycles. The Labute approximate surface area is 336 Å². The fraction of sp³-hybridized carbons (Fsp3) is 0. The van der Waals surface area contributed by atoms with Crippen LogP contribution in [0.5, 0.6) is 0 Å². The summed E-state index contributed by atoms with van der Waals surface area (Å²) in [4.78, 5) is 10.4. The molecule has 0 aliphatic heterocycles. The number of furan rings is 1. The number of benzene rings is 8. The molecule has 0 N–H and O–H groups in total. The maximum Gasteiger partial charge on any atom is 0.161 e. The van der Waals surface area contributed by atoms with Gasteiger partial charge in [-0.2, -0.15) is 5.26 Å². The third-order valence-corrected chi connectivity index (χ3v) is 12.1. The smallest absolute Gasteiger partial charge is 0.161 e. The average Bonchev–Trinajstić information content (AvgIpc) is 4.05. The minimum atomic E-state index is 0.434. The first-order valence-corrected chi connectivity index (χ1v) is 19.7. The van der Waals surface area contributed by atoms with Gasteiger partial charge in [-0.05, 0) is 36.4 Å². The molecule has 6 nitrogen and oxygen atoms in total. The molecule has 13 aromatic rings. The summed E-state index contributed by atoms with van der Waals surface area (Å²) in [6, 6.07) is 63.3. The maximum atomic E-state index is 10.6. The van der Waals surface area contributed by atoms with Crippen molar-refractivity contribution in [1.82, 2.24) is 18.9 Å². The molecule has 5 aromatic heterocycles. The number of nitriles is 1. The van der Waals surface area contributed by atoms with Gasteiger partial charge in [0.15, 0.2) is 11.4 Å². The topological polar surface area (TPSA) is 72.0 Å². The van der Waals surface area contributed by atoms with Crippen LogP contribution >= 0.6 is 0 Å². The third-order valence-electron chi connectivity index (χ3n) is 12.1. The highest BCUT2D eigenvalue weighted by Gasteiger charge is 2.26. The Kier molecular flexibility index (Phi) is 6.42. The average molecular weight is 752 g/mol. The van der Waals surface area contributed by atoms with Gasteiger partial charge in [0.1, 0.15) is 17.2 Å². The Bertz CT molecular complexity index is 3840. The highest BCUT2D eigenvalue weighted by molar-refractivity contribution is 6.31. The van der Waals surface area contributed by atoms with E-state index in [0.29, 0.717) is 22.8 Å². The van der Waals surface area contributed by atoms with Crippen molar-refractivity contribution >= 4 is 81.8 Å². The van der Waals surface area contributed by atoms with Gasteiger partial charge in [-0.15, -0.1) is 0 Å². The Morgan fingerprint density at radius 2 is 1.05 bits per heavy atom. The summed E-state index contributed by atoms with van der Waals surface area (Å²) in [5, 5.41) is 19.9. The van der Waals surface area contributed by atoms with Crippen molar-refractivity contribution in [2.45, 2.75) is 0 Å². The quantitative estimate of drug-likeness (QED) is 0.179. The minimum absolute atomic E-state index is 0.434. The molecular formula is C53H29N5O. The molecule has 59 heavy (non-hydrogen) atoms. The molecule has 0 saturated heterocycles. The van der Waals surface area contributed by atoms with Gasteiger partial charge in [-0.3, -0.25) is 0 Å². The summed E-state index contributed by atoms with van der Waals surface area (Å²) in [6.07, 6.45) is 0. The van der Waals surface area contributed by atoms with Gasteiger partial charge in [0, 0.05) is 59.8 Å². The maximum absolute atomic E-state index is 10.6. The van der Waals surface area contributed by atoms with Crippen molar-refractivity contribution < 1.29 is 4.42 Å². The van der Waals surface area contributed by atoms with Gasteiger partial charge < -0.3 is 13.4 Å². The Morgan fingerprint density at radius 3 is 1.78 bits per heavy atom. The monoisotopic (exact) mass is 751 g/mol. The second-order valence-corrected chi connectivity index (χ2v) is 15.2. The van der Waals surface area contributed by atoms with E-state index in [1.54, 1.807) is 0 Å². The van der Waals surface area contributed by atoms with E-state index >= 15 is 0 Å². The van der Waals surface area contributed by atoms with E-state index in [1.165, 1.54) is 48.9 Å². The Hall–Kier alpha value is -8.27. The van der Waals surface area contributed by atoms with E-state index in [-0.39, 0.29) is 0 Å². The van der Waals surface area contributed by atoms with Crippen molar-refractivity contribution in [3.8, 4) is 45.7 Å². The summed E-state index contributed by atoms with van der Waals surface area (Å²) >= 11 is 0. The zero-order valence-corrected chi connectivity index (χ0v) is 31.4. The molecule has 0 fully saturated rings. The molecule has 0 radical (unpaired) electrons. The Morgan fingerprint density at radius 1 is 0.458 bits per heavy atom. The zero-order valence-electron chi connectivity index (χ0n) is 31.4. The van der Waals surface area contributed by atoms with Gasteiger partial charge in [-0.1, -0.05) is 140 Å². The van der Waals surface area contributed by atoms with Crippen LogP contribution in [0.15, 0.2) is 180 Å². The lowest BCUT2D eigenvalue weighted by atomic mass is 9.99. The lowest BCUT2D eigenvalue weighted by molar-refractivity contribution is 0.666. The second-order valence-electron chi connectivity index (χ2n) is 15.2. The highest BCUT2D eigenvalue weighted by atomic mass is 16.3. The predicted molar refractivity (Wildman–Crippen MR) is 239 cm³/mol. The molecule has 0 amide bonds. The first kappa shape index (κ1) is 31.9. The van der Waals surface area contributed by atoms with Crippen molar-refractivity contribution in [1.29, 1.82) is 5.26 Å². The molecule has 0 unspecified atom stereocenters. The van der Waals surface area contributed by atoms with Crippen LogP contribution in [-0.2, 0) is 0 Å². The predicted octanol–water partition coefficient (Wildman–Crippen LogP) is 13.5. The lowest BCUT2D eigenvalue weighted by Gasteiger charge is -2.14. The van der Waals surface area contributed by atoms with Gasteiger partial charge >= 0.3 is 0 Å². The van der Waals surface area contributed by atoms with Crippen molar-refractivity contribution in [3.63, 3.8) is 0 Å². The molecule has 0 aliphatic rings. The second kappa shape index (κ2) is 11.9. The van der Waals surface area contributed by atoms with Crippen LogP contribution in [0.2, 0.25) is 0 Å². The lowest BCUT2D eigenvalue weighted by Crippen LogP contribution is -2.02. The van der Waals surface area contributed by atoms with Crippen LogP contribution in [0.3, 0.4) is 0 Å². The van der Waals surface area contributed by atoms with Gasteiger partial charge in [0.2, 0.25) is 0 Å². The van der Waals surface area contributed by atoms with E-state index < -0.39 is 0 Å². The van der Waals surface area contributed by atoms with Crippen molar-refractivity contribution in [2.24, 2.45) is 0 Å². The molecule has 6 heteroatoms. The normalized spacial score (nSPS) is 12.1. The van der Waals surface area contributed by atoms with E-state index in [0.717, 1.165) is 55.3 Å². The fourth-order valence-corrected chi connectivity index (χ4v) is 9.69. The highest BCUT2D eigenvalue weighted by Crippen LogP contribution is 2.47. The summed E-state index contributed by atoms with van der Waals surface area (Å²) in [5.74, 6) is 0.520. The van der Waals surface area contributed by atoms with E-state index in [4.69, 9.17) is 14.4 Å². The molecule has 0 saturated carbocycles. The summed E-state index contributed by atoms with van der Waals surface area (Å²) in [7, 11) is 0. The molecule has 0 aliphatic carbocycles. The van der Waals surface area contributed by atoms with Gasteiger partial charge in [-0.25, -0.2) is 9.97 Å². The first-order valence-electron chi connectivity index (χ1n) is 19.7. The molecular weight excluding hydrogens is 723 g/mol. The number of hydrogen-bond donors (Lipinski definition) is 0. The zero-order chi connectivity index (χ0) is 38.8. The van der Waals surface area contributed by atoms with Gasteiger partial charge in [0.05, 0.1) is 44.7 Å². The van der Waals surface area contributed by atoms with Crippen LogP contribution in [0.4, 0.5) is 0 Å². The number of hydrogen-bond acceptors (Lipinski definition) is 4. The van der Waals surface area contributed by atoms with Gasteiger partial charge in [0.25, 0.3) is 0 Å². The SMILES string of the molecule is N#Cc1c(-c2ccccc2)nc(-c2ccc(-n3c4ccccc4c4c3ccc3c5cccc6c7ccccc7n(c65)c34)c3oc4ccccc4c23)nc1-c1ccccc1. The van der Waals surface area contributed by atoms with Crippen molar-refractivity contribution in [3.05, 3.63) is 181 Å². The molecule has 0 spiro atoms. The summed E-state index contributed by atoms with van der Waals surface area (Å²) < 4.78 is 11.8. The van der Waals surface area contributed by atoms with E-state index in [9.17, 15) is 5.26 Å². The molecule has 13 rings (SSSR count). The number of nitrogens with zero attached hydrogens (tertiary/aromatic N) is 5. The van der Waals surface area contributed by atoms with Crippen LogP contribution in [-0.4, -0.2) is 18.9 Å². The largest absolute Gasteiger partial charge is 0.454 e. The number of aromatic nitrogens is 4. The van der Waals surface area contributed by atoms with Crippen LogP contribution in [0.1, 0.15) is 5.56 Å². The van der Waals surface area contributed by atoms with E-state index in [2.05, 4.69) is 112 Å². The molecule has 272 valence electrons. The first-order chi connectivity index (χ1) is 29.3. The fourth-order valence-electron chi connectivity index (χ4n) is 9.69. The number of rotatable bonds is 4. The van der Waals surface area contributed by atoms with Crippen LogP contribution in [0.25, 0.3) is 121 Å². The number of fused-ring (bicyclic) bond motifs is 13. The van der Waals surface area contributed by atoms with E-state index in [1.807, 2.05) is 78.9 Å². The molecule has 0 bridgehead atoms. The van der Waals surface area contributed by atoms with Crippen molar-refractivity contribution in [2.75, 3.05) is 0 Å². The Balaban J connectivity index is 1.15. The van der Waals surface area contributed by atoms with Crippen LogP contribution in [0, 0.1) is 11.3 Å².